The molecule has 9 heterocycles. The van der Waals surface area contributed by atoms with Gasteiger partial charge in [0.15, 0.2) is 0 Å². The minimum Gasteiger partial charge on any atom is -0.456 e. The second kappa shape index (κ2) is 33.5. The van der Waals surface area contributed by atoms with E-state index in [9.17, 15) is 0 Å². The molecule has 12 heteroatoms. The van der Waals surface area contributed by atoms with E-state index in [1.54, 1.807) is 0 Å². The molecule has 12 nitrogen and oxygen atoms in total. The molecule has 0 aliphatic carbocycles. The molecule has 0 amide bonds. The van der Waals surface area contributed by atoms with Gasteiger partial charge in [-0.05, 0) is 238 Å². The first-order valence-corrected chi connectivity index (χ1v) is 47.0. The van der Waals surface area contributed by atoms with Crippen LogP contribution < -0.4 is 0 Å². The Morgan fingerprint density at radius 1 is 0.136 bits per heavy atom. The van der Waals surface area contributed by atoms with Gasteiger partial charge in [-0.1, -0.05) is 309 Å². The van der Waals surface area contributed by atoms with E-state index in [1.165, 1.54) is 54.9 Å². The van der Waals surface area contributed by atoms with E-state index in [-0.39, 0.29) is 0 Å². The maximum absolute atomic E-state index is 6.12. The predicted molar refractivity (Wildman–Crippen MR) is 575 cm³/mol. The first kappa shape index (κ1) is 80.6. The van der Waals surface area contributed by atoms with Crippen molar-refractivity contribution in [2.45, 2.75) is 0 Å². The smallest absolute Gasteiger partial charge is 0.234 e. The van der Waals surface area contributed by atoms with Gasteiger partial charge in [0.2, 0.25) is 17.8 Å². The highest BCUT2D eigenvalue weighted by atomic mass is 16.3. The molecule has 0 aliphatic heterocycles. The van der Waals surface area contributed by atoms with Crippen LogP contribution in [0.25, 0.3) is 271 Å². The Hall–Kier alpha value is -19.0. The minimum absolute atomic E-state index is 0.644. The fourth-order valence-electron chi connectivity index (χ4n) is 20.6. The summed E-state index contributed by atoms with van der Waals surface area (Å²) in [5.41, 5.74) is 32.0. The van der Waals surface area contributed by atoms with Crippen LogP contribution in [-0.2, 0) is 0 Å². The number of aromatic nitrogens is 9. The van der Waals surface area contributed by atoms with Crippen molar-refractivity contribution >= 4 is 153 Å². The van der Waals surface area contributed by atoms with Gasteiger partial charge in [-0.3, -0.25) is 13.7 Å². The molecule has 0 N–H and O–H groups in total. The Morgan fingerprint density at radius 3 is 0.714 bits per heavy atom. The third-order valence-electron chi connectivity index (χ3n) is 27.6. The molecule has 29 rings (SSSR count). The maximum atomic E-state index is 6.12. The molecule has 654 valence electrons. The molecular formula is C128H79N9O3. The first-order valence-electron chi connectivity index (χ1n) is 47.0. The van der Waals surface area contributed by atoms with E-state index < -0.39 is 0 Å². The van der Waals surface area contributed by atoms with Crippen molar-refractivity contribution in [2.75, 3.05) is 0 Å². The second-order valence-electron chi connectivity index (χ2n) is 35.7. The number of rotatable bonds is 12. The van der Waals surface area contributed by atoms with Gasteiger partial charge in [0, 0.05) is 119 Å². The second-order valence-corrected chi connectivity index (χ2v) is 35.7. The maximum Gasteiger partial charge on any atom is 0.234 e. The molecule has 0 aliphatic rings. The van der Waals surface area contributed by atoms with Gasteiger partial charge in [-0.15, -0.1) is 0 Å². The topological polar surface area (TPSA) is 132 Å². The van der Waals surface area contributed by atoms with Crippen molar-refractivity contribution in [3.05, 3.63) is 480 Å². The third kappa shape index (κ3) is 14.2. The van der Waals surface area contributed by atoms with Crippen LogP contribution in [0.1, 0.15) is 0 Å². The van der Waals surface area contributed by atoms with Crippen molar-refractivity contribution in [1.29, 1.82) is 0 Å². The molecule has 0 atom stereocenters. The highest BCUT2D eigenvalue weighted by molar-refractivity contribution is 6.17. The summed E-state index contributed by atoms with van der Waals surface area (Å²) in [6.45, 7) is 0. The van der Waals surface area contributed by atoms with Crippen molar-refractivity contribution in [3.63, 3.8) is 0 Å². The lowest BCUT2D eigenvalue weighted by molar-refractivity contribution is 0.668. The summed E-state index contributed by atoms with van der Waals surface area (Å²) in [6, 6.07) is 156. The van der Waals surface area contributed by atoms with Crippen LogP contribution >= 0.6 is 0 Å². The lowest BCUT2D eigenvalue weighted by Crippen LogP contribution is -2.00. The van der Waals surface area contributed by atoms with Crippen LogP contribution in [0.4, 0.5) is 0 Å². The van der Waals surface area contributed by atoms with E-state index >= 15 is 0 Å². The van der Waals surface area contributed by atoms with E-state index in [0.29, 0.717) is 17.8 Å². The summed E-state index contributed by atoms with van der Waals surface area (Å²) in [7, 11) is 0. The fraction of sp³-hybridized carbons (Fsp3) is 0. The Balaban J connectivity index is 0.000000106. The zero-order valence-corrected chi connectivity index (χ0v) is 75.4. The third-order valence-corrected chi connectivity index (χ3v) is 27.6. The SMILES string of the molecule is c1ccc(-c2ccc3c(c2)c2cc(-c4ccc5oc6ccccc6c5c4)ccc2n3-c2ncc(-c3cccc4ccccc34)cn2)cc1.c1ccc(-c2cnc(-n3c4ccc(-c5ccc6ccccc6c5)cc4c4cc(-c5ccc6oc7ccccc7c6c5)ccc43)nc2)cc1.c1ccc(-c2cnc(-n3c4ccc(-c5ccccc5)cc4c4cc(-c5ccc6oc7ccccc7c6c5)ccc43)nc2)cc1. The average molecular weight is 1790 g/mol. The van der Waals surface area contributed by atoms with Crippen molar-refractivity contribution in [2.24, 2.45) is 0 Å². The monoisotopic (exact) mass is 1790 g/mol. The van der Waals surface area contributed by atoms with E-state index in [0.717, 1.165) is 198 Å². The van der Waals surface area contributed by atoms with Gasteiger partial charge in [0.05, 0.1) is 33.1 Å². The summed E-state index contributed by atoms with van der Waals surface area (Å²) in [5.74, 6) is 1.94. The number of hydrogen-bond acceptors (Lipinski definition) is 9. The minimum atomic E-state index is 0.644. The molecule has 20 aromatic carbocycles. The summed E-state index contributed by atoms with van der Waals surface area (Å²) in [4.78, 5) is 29.4. The molecule has 0 radical (unpaired) electrons. The first-order chi connectivity index (χ1) is 69.3. The molecule has 0 spiro atoms. The van der Waals surface area contributed by atoms with Crippen LogP contribution in [0.15, 0.2) is 493 Å². The van der Waals surface area contributed by atoms with Gasteiger partial charge in [-0.25, -0.2) is 29.9 Å². The zero-order valence-electron chi connectivity index (χ0n) is 75.4. The van der Waals surface area contributed by atoms with E-state index in [4.69, 9.17) is 43.2 Å². The van der Waals surface area contributed by atoms with Crippen molar-refractivity contribution in [3.8, 4) is 118 Å². The molecule has 0 bridgehead atoms. The Labute approximate surface area is 802 Å². The number of benzene rings is 20. The number of para-hydroxylation sites is 3. The lowest BCUT2D eigenvalue weighted by atomic mass is 9.98. The van der Waals surface area contributed by atoms with Gasteiger partial charge in [0.1, 0.15) is 33.5 Å². The fourth-order valence-corrected chi connectivity index (χ4v) is 20.6. The summed E-state index contributed by atoms with van der Waals surface area (Å²) in [5, 5.41) is 18.5. The molecule has 29 aromatic rings. The molecule has 9 aromatic heterocycles. The van der Waals surface area contributed by atoms with Gasteiger partial charge in [-0.2, -0.15) is 0 Å². The van der Waals surface area contributed by atoms with Gasteiger partial charge in [0.25, 0.3) is 0 Å². The van der Waals surface area contributed by atoms with Crippen LogP contribution in [0, 0.1) is 0 Å². The molecule has 0 saturated carbocycles. The molecule has 0 saturated heterocycles. The predicted octanol–water partition coefficient (Wildman–Crippen LogP) is 33.7. The highest BCUT2D eigenvalue weighted by Gasteiger charge is 2.24. The van der Waals surface area contributed by atoms with Crippen LogP contribution in [0.3, 0.4) is 0 Å². The Kier molecular flexibility index (Phi) is 19.3. The van der Waals surface area contributed by atoms with E-state index in [1.807, 2.05) is 110 Å². The summed E-state index contributed by atoms with van der Waals surface area (Å²) < 4.78 is 24.9. The van der Waals surface area contributed by atoms with Crippen LogP contribution in [0.2, 0.25) is 0 Å². The molecular weight excluding hydrogens is 1710 g/mol. The van der Waals surface area contributed by atoms with Gasteiger partial charge >= 0.3 is 0 Å². The van der Waals surface area contributed by atoms with Crippen molar-refractivity contribution < 1.29 is 13.3 Å². The number of furan rings is 3. The molecule has 0 unspecified atom stereocenters. The number of hydrogen-bond donors (Lipinski definition) is 0. The van der Waals surface area contributed by atoms with Gasteiger partial charge < -0.3 is 13.3 Å². The number of fused-ring (bicyclic) bond motifs is 20. The number of nitrogens with zero attached hydrogens (tertiary/aromatic N) is 9. The Bertz CT molecular complexity index is 9930. The van der Waals surface area contributed by atoms with Crippen molar-refractivity contribution in [1.82, 2.24) is 43.6 Å². The summed E-state index contributed by atoms with van der Waals surface area (Å²) in [6.07, 6.45) is 11.5. The lowest BCUT2D eigenvalue weighted by Gasteiger charge is -2.09. The van der Waals surface area contributed by atoms with Crippen LogP contribution in [-0.4, -0.2) is 43.6 Å². The average Bonchev–Trinajstić information content (AvgIpc) is 1.56. The summed E-state index contributed by atoms with van der Waals surface area (Å²) >= 11 is 0. The Morgan fingerprint density at radius 2 is 0.371 bits per heavy atom. The van der Waals surface area contributed by atoms with Crippen LogP contribution in [0.5, 0.6) is 0 Å². The quantitative estimate of drug-likeness (QED) is 0.117. The normalized spacial score (nSPS) is 11.7. The molecule has 0 fully saturated rings. The highest BCUT2D eigenvalue weighted by Crippen LogP contribution is 2.45. The molecule has 140 heavy (non-hydrogen) atoms. The largest absolute Gasteiger partial charge is 0.456 e. The van der Waals surface area contributed by atoms with E-state index in [2.05, 4.69) is 384 Å². The zero-order chi connectivity index (χ0) is 92.2. The standard InChI is InChI=1S/2C44H27N3O.C40H25N3O/c1-2-9-28(10-3-1)30-17-20-40-37(23-30)38-24-31(32-19-22-43-39(25-32)36-14-6-7-16-42(36)48-43)18-21-41(38)47(40)44-45-26-33(27-46-44)35-15-8-12-29-11-4-5-13-34(29)35;1-2-8-28(9-3-1)35-26-45-44(46-27-35)47-40-19-16-32(31-15-14-29-10-4-5-11-30(29)22-31)23-37(40)38-24-33(17-20-41(38)47)34-18-21-43-39(25-34)36-12-6-7-13-42(36)48-43;1-3-9-26(10-4-1)28-15-18-36-33(21-28)34-22-29(30-17-20-39-35(23-30)32-13-7-8-14-38(32)44-39)16-19-37(34)43(36)40-41-24-31(25-42-40)27-11-5-2-6-12-27/h2*1-27H;1-25H.